The number of nitrogens with one attached hydrogen (secondary N) is 1. The van der Waals surface area contributed by atoms with Gasteiger partial charge in [0, 0.05) is 25.4 Å². The number of anilines is 1. The molecule has 0 aliphatic heterocycles. The van der Waals surface area contributed by atoms with Crippen molar-refractivity contribution in [2.45, 2.75) is 19.9 Å². The van der Waals surface area contributed by atoms with Gasteiger partial charge in [0.1, 0.15) is 6.20 Å². The Balaban J connectivity index is 2.48. The maximum Gasteiger partial charge on any atom is 0.313 e. The van der Waals surface area contributed by atoms with Crippen LogP contribution in [0.4, 0.5) is 11.6 Å². The summed E-state index contributed by atoms with van der Waals surface area (Å²) in [5, 5.41) is 17.9. The van der Waals surface area contributed by atoms with E-state index in [9.17, 15) is 10.1 Å². The van der Waals surface area contributed by atoms with Crippen molar-refractivity contribution in [1.29, 1.82) is 0 Å². The Labute approximate surface area is 109 Å². The zero-order chi connectivity index (χ0) is 13.8. The van der Waals surface area contributed by atoms with Crippen LogP contribution in [0.3, 0.4) is 0 Å². The molecule has 0 amide bonds. The van der Waals surface area contributed by atoms with E-state index in [0.717, 1.165) is 13.0 Å². The van der Waals surface area contributed by atoms with Crippen LogP contribution < -0.4 is 5.32 Å². The average Bonchev–Trinajstić information content (AvgIpc) is 2.87. The van der Waals surface area contributed by atoms with Crippen molar-refractivity contribution >= 4 is 11.6 Å². The SMILES string of the molecule is CCCn1cc(-c2nc(NC)ncc2[N+](=O)[O-])cn1. The second-order valence-electron chi connectivity index (χ2n) is 3.93. The molecule has 2 aromatic rings. The number of aromatic nitrogens is 4. The Kier molecular flexibility index (Phi) is 3.69. The molecule has 2 rings (SSSR count). The Morgan fingerprint density at radius 3 is 2.89 bits per heavy atom. The zero-order valence-electron chi connectivity index (χ0n) is 10.7. The summed E-state index contributed by atoms with van der Waals surface area (Å²) in [4.78, 5) is 18.5. The molecule has 2 heterocycles. The molecule has 0 radical (unpaired) electrons. The fraction of sp³-hybridized carbons (Fsp3) is 0.364. The molecule has 19 heavy (non-hydrogen) atoms. The molecule has 0 aromatic carbocycles. The van der Waals surface area contributed by atoms with E-state index in [1.807, 2.05) is 6.92 Å². The van der Waals surface area contributed by atoms with E-state index in [1.165, 1.54) is 6.20 Å². The van der Waals surface area contributed by atoms with Crippen molar-refractivity contribution in [3.05, 3.63) is 28.7 Å². The fourth-order valence-corrected chi connectivity index (χ4v) is 1.68. The molecule has 0 bridgehead atoms. The van der Waals surface area contributed by atoms with E-state index in [-0.39, 0.29) is 11.4 Å². The first-order valence-electron chi connectivity index (χ1n) is 5.87. The lowest BCUT2D eigenvalue weighted by Crippen LogP contribution is -2.01. The standard InChI is InChI=1S/C11H14N6O2/c1-3-4-16-7-8(5-14-16)10-9(17(18)19)6-13-11(12-2)15-10/h5-7H,3-4H2,1-2H3,(H,12,13,15). The van der Waals surface area contributed by atoms with Crippen molar-refractivity contribution in [2.24, 2.45) is 0 Å². The molecule has 0 aliphatic carbocycles. The zero-order valence-corrected chi connectivity index (χ0v) is 10.7. The van der Waals surface area contributed by atoms with Crippen molar-refractivity contribution in [2.75, 3.05) is 12.4 Å². The van der Waals surface area contributed by atoms with E-state index in [4.69, 9.17) is 0 Å². The van der Waals surface area contributed by atoms with Gasteiger partial charge in [-0.1, -0.05) is 6.92 Å². The minimum Gasteiger partial charge on any atom is -0.357 e. The summed E-state index contributed by atoms with van der Waals surface area (Å²) in [6.07, 6.45) is 5.46. The lowest BCUT2D eigenvalue weighted by molar-refractivity contribution is -0.384. The van der Waals surface area contributed by atoms with E-state index >= 15 is 0 Å². The van der Waals surface area contributed by atoms with Crippen molar-refractivity contribution in [3.63, 3.8) is 0 Å². The van der Waals surface area contributed by atoms with Gasteiger partial charge >= 0.3 is 5.69 Å². The predicted molar refractivity (Wildman–Crippen MR) is 69.7 cm³/mol. The van der Waals surface area contributed by atoms with Crippen molar-refractivity contribution < 1.29 is 4.92 Å². The van der Waals surface area contributed by atoms with Crippen LogP contribution in [0.25, 0.3) is 11.3 Å². The number of hydrogen-bond donors (Lipinski definition) is 1. The highest BCUT2D eigenvalue weighted by molar-refractivity contribution is 5.68. The van der Waals surface area contributed by atoms with Gasteiger partial charge in [-0.05, 0) is 6.42 Å². The minimum atomic E-state index is -0.494. The van der Waals surface area contributed by atoms with Gasteiger partial charge < -0.3 is 5.32 Å². The van der Waals surface area contributed by atoms with E-state index in [0.29, 0.717) is 11.5 Å². The minimum absolute atomic E-state index is 0.130. The molecule has 8 nitrogen and oxygen atoms in total. The molecular weight excluding hydrogens is 248 g/mol. The Morgan fingerprint density at radius 1 is 1.47 bits per heavy atom. The van der Waals surface area contributed by atoms with E-state index in [2.05, 4.69) is 20.4 Å². The smallest absolute Gasteiger partial charge is 0.313 e. The predicted octanol–water partition coefficient (Wildman–Crippen LogP) is 1.70. The maximum absolute atomic E-state index is 11.0. The molecule has 2 aromatic heterocycles. The monoisotopic (exact) mass is 262 g/mol. The lowest BCUT2D eigenvalue weighted by atomic mass is 10.2. The van der Waals surface area contributed by atoms with Gasteiger partial charge in [-0.15, -0.1) is 0 Å². The van der Waals surface area contributed by atoms with Gasteiger partial charge in [0.15, 0.2) is 5.69 Å². The molecule has 0 fully saturated rings. The first-order valence-corrected chi connectivity index (χ1v) is 5.87. The molecular formula is C11H14N6O2. The van der Waals surface area contributed by atoms with Gasteiger partial charge in [-0.2, -0.15) is 5.10 Å². The quantitative estimate of drug-likeness (QED) is 0.650. The van der Waals surface area contributed by atoms with E-state index in [1.54, 1.807) is 24.1 Å². The summed E-state index contributed by atoms with van der Waals surface area (Å²) in [6.45, 7) is 2.80. The highest BCUT2D eigenvalue weighted by Gasteiger charge is 2.19. The van der Waals surface area contributed by atoms with Crippen molar-refractivity contribution in [3.8, 4) is 11.3 Å². The number of aryl methyl sites for hydroxylation is 1. The second-order valence-corrected chi connectivity index (χ2v) is 3.93. The number of rotatable bonds is 5. The molecule has 0 aliphatic rings. The first-order chi connectivity index (χ1) is 9.15. The summed E-state index contributed by atoms with van der Waals surface area (Å²) in [6, 6.07) is 0. The maximum atomic E-state index is 11.0. The van der Waals surface area contributed by atoms with Crippen LogP contribution in [0, 0.1) is 10.1 Å². The highest BCUT2D eigenvalue weighted by Crippen LogP contribution is 2.27. The number of hydrogen-bond acceptors (Lipinski definition) is 6. The van der Waals surface area contributed by atoms with Crippen LogP contribution in [0.2, 0.25) is 0 Å². The Hall–Kier alpha value is -2.51. The summed E-state index contributed by atoms with van der Waals surface area (Å²) < 4.78 is 1.74. The van der Waals surface area contributed by atoms with Gasteiger partial charge in [0.05, 0.1) is 11.1 Å². The van der Waals surface area contributed by atoms with Crippen LogP contribution in [-0.2, 0) is 6.54 Å². The molecule has 8 heteroatoms. The van der Waals surface area contributed by atoms with Gasteiger partial charge in [0.2, 0.25) is 5.95 Å². The molecule has 0 saturated carbocycles. The van der Waals surface area contributed by atoms with E-state index < -0.39 is 4.92 Å². The van der Waals surface area contributed by atoms with Crippen LogP contribution >= 0.6 is 0 Å². The summed E-state index contributed by atoms with van der Waals surface area (Å²) >= 11 is 0. The largest absolute Gasteiger partial charge is 0.357 e. The lowest BCUT2D eigenvalue weighted by Gasteiger charge is -2.02. The molecule has 0 saturated heterocycles. The van der Waals surface area contributed by atoms with Crippen molar-refractivity contribution in [1.82, 2.24) is 19.7 Å². The first kappa shape index (κ1) is 12.9. The van der Waals surface area contributed by atoms with Crippen LogP contribution in [0.5, 0.6) is 0 Å². The van der Waals surface area contributed by atoms with Crippen LogP contribution in [0.1, 0.15) is 13.3 Å². The highest BCUT2D eigenvalue weighted by atomic mass is 16.6. The third-order valence-electron chi connectivity index (χ3n) is 2.55. The topological polar surface area (TPSA) is 98.8 Å². The van der Waals surface area contributed by atoms with Gasteiger partial charge in [-0.25, -0.2) is 9.97 Å². The summed E-state index contributed by atoms with van der Waals surface area (Å²) in [7, 11) is 1.66. The second kappa shape index (κ2) is 5.42. The molecule has 0 atom stereocenters. The molecule has 0 unspecified atom stereocenters. The molecule has 0 spiro atoms. The number of nitro groups is 1. The summed E-state index contributed by atoms with van der Waals surface area (Å²) in [5.41, 5.74) is 0.751. The van der Waals surface area contributed by atoms with Gasteiger partial charge in [0.25, 0.3) is 0 Å². The number of nitrogens with zero attached hydrogens (tertiary/aromatic N) is 5. The Morgan fingerprint density at radius 2 is 2.26 bits per heavy atom. The Bertz CT molecular complexity index is 595. The third-order valence-corrected chi connectivity index (χ3v) is 2.55. The average molecular weight is 262 g/mol. The van der Waals surface area contributed by atoms with Gasteiger partial charge in [-0.3, -0.25) is 14.8 Å². The normalized spacial score (nSPS) is 10.4. The summed E-state index contributed by atoms with van der Waals surface area (Å²) in [5.74, 6) is 0.337. The van der Waals surface area contributed by atoms with Crippen LogP contribution in [0.15, 0.2) is 18.6 Å². The molecule has 1 N–H and O–H groups in total. The fourth-order valence-electron chi connectivity index (χ4n) is 1.68. The van der Waals surface area contributed by atoms with Crippen LogP contribution in [-0.4, -0.2) is 31.7 Å². The third kappa shape index (κ3) is 2.67. The molecule has 100 valence electrons.